The summed E-state index contributed by atoms with van der Waals surface area (Å²) in [5.74, 6) is 1.76. The summed E-state index contributed by atoms with van der Waals surface area (Å²) in [6.45, 7) is 2.25. The highest BCUT2D eigenvalue weighted by Crippen LogP contribution is 2.20. The van der Waals surface area contributed by atoms with Crippen LogP contribution in [0.15, 0.2) is 0 Å². The van der Waals surface area contributed by atoms with Gasteiger partial charge in [0.15, 0.2) is 0 Å². The molecule has 2 heterocycles. The summed E-state index contributed by atoms with van der Waals surface area (Å²) >= 11 is 13.0. The van der Waals surface area contributed by atoms with E-state index in [9.17, 15) is 0 Å². The van der Waals surface area contributed by atoms with Crippen molar-refractivity contribution in [2.75, 3.05) is 37.9 Å². The third-order valence-electron chi connectivity index (χ3n) is 2.28. The predicted molar refractivity (Wildman–Crippen MR) is 81.5 cm³/mol. The van der Waals surface area contributed by atoms with Crippen LogP contribution < -0.4 is 0 Å². The van der Waals surface area contributed by atoms with Crippen molar-refractivity contribution in [3.8, 4) is 0 Å². The number of ether oxygens (including phenoxy) is 4. The summed E-state index contributed by atoms with van der Waals surface area (Å²) < 4.78 is 22.9. The zero-order valence-corrected chi connectivity index (χ0v) is 12.9. The molecule has 2 aliphatic rings. The second-order valence-electron chi connectivity index (χ2n) is 3.75. The minimum Gasteiger partial charge on any atom is -0.472 e. The molecule has 2 saturated heterocycles. The Labute approximate surface area is 125 Å². The minimum absolute atomic E-state index is 0.0921. The molecule has 2 fully saturated rings. The van der Waals surface area contributed by atoms with Gasteiger partial charge in [-0.1, -0.05) is 23.5 Å². The first kappa shape index (κ1) is 14.8. The molecule has 0 aromatic rings. The minimum atomic E-state index is 0.0921. The molecule has 2 rings (SSSR count). The van der Waals surface area contributed by atoms with E-state index < -0.39 is 0 Å². The fraction of sp³-hybridized carbons (Fsp3) is 0.800. The lowest BCUT2D eigenvalue weighted by molar-refractivity contribution is 0.000489. The van der Waals surface area contributed by atoms with Gasteiger partial charge in [0.05, 0.1) is 26.4 Å². The van der Waals surface area contributed by atoms with Crippen LogP contribution in [0.25, 0.3) is 0 Å². The van der Waals surface area contributed by atoms with Gasteiger partial charge in [0.2, 0.25) is 8.77 Å². The molecule has 0 amide bonds. The molecule has 0 radical (unpaired) electrons. The van der Waals surface area contributed by atoms with Gasteiger partial charge in [-0.15, -0.1) is 0 Å². The van der Waals surface area contributed by atoms with Crippen LogP contribution in [-0.4, -0.2) is 58.9 Å². The fourth-order valence-electron chi connectivity index (χ4n) is 1.44. The standard InChI is InChI=1S/C10H14O4S4/c15-9-13-7(5-17-9)3-11-1-2-12-4-8-6-18-10(16)14-8/h7-8H,1-6H2. The van der Waals surface area contributed by atoms with Crippen LogP contribution in [0.1, 0.15) is 0 Å². The summed E-state index contributed by atoms with van der Waals surface area (Å²) in [4.78, 5) is 0. The zero-order valence-electron chi connectivity index (χ0n) is 9.66. The molecule has 2 atom stereocenters. The van der Waals surface area contributed by atoms with Crippen molar-refractivity contribution in [3.05, 3.63) is 0 Å². The van der Waals surface area contributed by atoms with Crippen LogP contribution in [0.5, 0.6) is 0 Å². The van der Waals surface area contributed by atoms with Crippen LogP contribution in [0, 0.1) is 0 Å². The second kappa shape index (κ2) is 7.86. The largest absolute Gasteiger partial charge is 0.472 e. The van der Waals surface area contributed by atoms with E-state index in [1.807, 2.05) is 0 Å². The Balaban J connectivity index is 1.42. The number of hydrogen-bond donors (Lipinski definition) is 0. The van der Waals surface area contributed by atoms with E-state index >= 15 is 0 Å². The van der Waals surface area contributed by atoms with Crippen LogP contribution in [0.4, 0.5) is 0 Å². The van der Waals surface area contributed by atoms with Crippen molar-refractivity contribution < 1.29 is 18.9 Å². The Kier molecular flexibility index (Phi) is 6.46. The van der Waals surface area contributed by atoms with Crippen molar-refractivity contribution in [2.24, 2.45) is 0 Å². The van der Waals surface area contributed by atoms with Crippen molar-refractivity contribution in [1.29, 1.82) is 0 Å². The van der Waals surface area contributed by atoms with E-state index in [1.54, 1.807) is 23.5 Å². The lowest BCUT2D eigenvalue weighted by Gasteiger charge is -2.11. The predicted octanol–water partition coefficient (Wildman–Crippen LogP) is 1.85. The molecule has 0 N–H and O–H groups in total. The molecular weight excluding hydrogens is 312 g/mol. The van der Waals surface area contributed by atoms with Crippen molar-refractivity contribution in [3.63, 3.8) is 0 Å². The van der Waals surface area contributed by atoms with Gasteiger partial charge in [-0.2, -0.15) is 0 Å². The van der Waals surface area contributed by atoms with Gasteiger partial charge >= 0.3 is 0 Å². The Morgan fingerprint density at radius 3 is 1.72 bits per heavy atom. The molecule has 0 bridgehead atoms. The first-order valence-corrected chi connectivity index (χ1v) is 8.35. The maximum Gasteiger partial charge on any atom is 0.220 e. The van der Waals surface area contributed by atoms with Gasteiger partial charge in [-0.05, 0) is 24.4 Å². The first-order chi connectivity index (χ1) is 8.74. The summed E-state index contributed by atoms with van der Waals surface area (Å²) in [5.41, 5.74) is 0. The fourth-order valence-corrected chi connectivity index (χ4v) is 3.50. The molecule has 0 aromatic carbocycles. The molecule has 4 nitrogen and oxygen atoms in total. The molecule has 18 heavy (non-hydrogen) atoms. The van der Waals surface area contributed by atoms with Crippen LogP contribution in [0.2, 0.25) is 0 Å². The molecule has 0 aliphatic carbocycles. The van der Waals surface area contributed by atoms with Gasteiger partial charge in [0, 0.05) is 11.5 Å². The molecule has 2 aliphatic heterocycles. The van der Waals surface area contributed by atoms with Crippen LogP contribution in [0.3, 0.4) is 0 Å². The quantitative estimate of drug-likeness (QED) is 0.518. The maximum absolute atomic E-state index is 5.46. The molecule has 0 spiro atoms. The Morgan fingerprint density at radius 1 is 0.944 bits per heavy atom. The molecular formula is C10H14O4S4. The Hall–Kier alpha value is 0.400. The van der Waals surface area contributed by atoms with Gasteiger partial charge in [-0.25, -0.2) is 0 Å². The Morgan fingerprint density at radius 2 is 1.39 bits per heavy atom. The van der Waals surface area contributed by atoms with Gasteiger partial charge in [-0.3, -0.25) is 0 Å². The van der Waals surface area contributed by atoms with Crippen molar-refractivity contribution in [2.45, 2.75) is 12.2 Å². The SMILES string of the molecule is S=C1OC(COCCOCC2CSC(=S)O2)CS1. The molecule has 2 unspecified atom stereocenters. The van der Waals surface area contributed by atoms with E-state index in [0.29, 0.717) is 35.2 Å². The highest BCUT2D eigenvalue weighted by molar-refractivity contribution is 8.23. The summed E-state index contributed by atoms with van der Waals surface area (Å²) in [5, 5.41) is 0. The van der Waals surface area contributed by atoms with Gasteiger partial charge in [0.25, 0.3) is 0 Å². The molecule has 8 heteroatoms. The second-order valence-corrected chi connectivity index (χ2v) is 7.00. The average molecular weight is 326 g/mol. The van der Waals surface area contributed by atoms with Gasteiger partial charge in [0.1, 0.15) is 12.2 Å². The highest BCUT2D eigenvalue weighted by Gasteiger charge is 2.22. The molecule has 0 saturated carbocycles. The third kappa shape index (κ3) is 5.18. The summed E-state index contributed by atoms with van der Waals surface area (Å²) in [6, 6.07) is 0. The normalized spacial score (nSPS) is 27.3. The topological polar surface area (TPSA) is 36.9 Å². The smallest absolute Gasteiger partial charge is 0.220 e. The van der Waals surface area contributed by atoms with E-state index in [-0.39, 0.29) is 12.2 Å². The zero-order chi connectivity index (χ0) is 12.8. The van der Waals surface area contributed by atoms with E-state index in [4.69, 9.17) is 43.4 Å². The summed E-state index contributed by atoms with van der Waals surface area (Å²) in [7, 11) is 0. The number of hydrogen-bond acceptors (Lipinski definition) is 8. The van der Waals surface area contributed by atoms with Crippen molar-refractivity contribution in [1.82, 2.24) is 0 Å². The van der Waals surface area contributed by atoms with E-state index in [0.717, 1.165) is 11.5 Å². The summed E-state index contributed by atoms with van der Waals surface area (Å²) in [6.07, 6.45) is 0.184. The van der Waals surface area contributed by atoms with Crippen LogP contribution >= 0.6 is 48.0 Å². The Bertz CT molecular complexity index is 282. The number of rotatable bonds is 7. The van der Waals surface area contributed by atoms with E-state index in [1.165, 1.54) is 0 Å². The molecule has 0 aromatic heterocycles. The van der Waals surface area contributed by atoms with Gasteiger partial charge < -0.3 is 18.9 Å². The monoisotopic (exact) mass is 326 g/mol. The number of thiocarbonyl (C=S) groups is 2. The van der Waals surface area contributed by atoms with E-state index in [2.05, 4.69) is 0 Å². The third-order valence-corrected chi connectivity index (χ3v) is 4.92. The van der Waals surface area contributed by atoms with Crippen molar-refractivity contribution >= 4 is 56.7 Å². The number of thioether (sulfide) groups is 2. The molecule has 102 valence electrons. The lowest BCUT2D eigenvalue weighted by atomic mass is 10.4. The lowest BCUT2D eigenvalue weighted by Crippen LogP contribution is -2.21. The van der Waals surface area contributed by atoms with Crippen LogP contribution in [-0.2, 0) is 18.9 Å². The maximum atomic E-state index is 5.46. The highest BCUT2D eigenvalue weighted by atomic mass is 32.2. The first-order valence-electron chi connectivity index (χ1n) is 5.56. The average Bonchev–Trinajstić information content (AvgIpc) is 2.93.